The number of carboxylic acids is 1. The summed E-state index contributed by atoms with van der Waals surface area (Å²) in [6, 6.07) is 0. The zero-order valence-corrected chi connectivity index (χ0v) is 14.9. The van der Waals surface area contributed by atoms with Crippen molar-refractivity contribution in [3.05, 3.63) is 23.8 Å². The van der Waals surface area contributed by atoms with Crippen LogP contribution in [-0.2, 0) is 4.79 Å². The molecule has 26 heavy (non-hydrogen) atoms. The van der Waals surface area contributed by atoms with Crippen LogP contribution in [0.1, 0.15) is 53.6 Å². The van der Waals surface area contributed by atoms with Gasteiger partial charge in [-0.15, -0.1) is 0 Å². The lowest BCUT2D eigenvalue weighted by Gasteiger charge is -2.36. The molecule has 1 aromatic rings. The Bertz CT molecular complexity index is 675. The Hall–Kier alpha value is -2.51. The lowest BCUT2D eigenvalue weighted by molar-refractivity contribution is -0.138. The summed E-state index contributed by atoms with van der Waals surface area (Å²) in [6.07, 6.45) is 5.71. The minimum Gasteiger partial charge on any atom is -0.476 e. The van der Waals surface area contributed by atoms with E-state index in [2.05, 4.69) is 16.9 Å². The molecule has 140 valence electrons. The summed E-state index contributed by atoms with van der Waals surface area (Å²) in [7, 11) is 0. The number of carboxylic acid groups (broad SMARTS) is 1. The maximum atomic E-state index is 12.7. The first kappa shape index (κ1) is 18.3. The van der Waals surface area contributed by atoms with Crippen molar-refractivity contribution in [1.82, 2.24) is 19.8 Å². The van der Waals surface area contributed by atoms with Gasteiger partial charge in [0.25, 0.3) is 5.91 Å². The minimum absolute atomic E-state index is 0.0204. The van der Waals surface area contributed by atoms with Gasteiger partial charge in [0.2, 0.25) is 5.91 Å². The Morgan fingerprint density at radius 1 is 0.923 bits per heavy atom. The second kappa shape index (κ2) is 7.80. The quantitative estimate of drug-likeness (QED) is 0.871. The molecule has 1 aromatic heterocycles. The van der Waals surface area contributed by atoms with Gasteiger partial charge in [0, 0.05) is 32.1 Å². The number of aromatic nitrogens is 2. The third-order valence-electron chi connectivity index (χ3n) is 5.32. The molecule has 0 atom stereocenters. The summed E-state index contributed by atoms with van der Waals surface area (Å²) in [4.78, 5) is 47.2. The van der Waals surface area contributed by atoms with Crippen molar-refractivity contribution in [2.75, 3.05) is 26.2 Å². The van der Waals surface area contributed by atoms with Crippen molar-refractivity contribution in [2.24, 2.45) is 11.8 Å². The molecule has 8 heteroatoms. The molecule has 3 heterocycles. The molecule has 0 unspecified atom stereocenters. The molecule has 2 amide bonds. The Morgan fingerprint density at radius 3 is 2.00 bits per heavy atom. The number of aromatic carboxylic acids is 1. The number of hydrogen-bond donors (Lipinski definition) is 1. The number of carbonyl (C=O) groups is 3. The van der Waals surface area contributed by atoms with Crippen LogP contribution in [0.3, 0.4) is 0 Å². The summed E-state index contributed by atoms with van der Waals surface area (Å²) in [5.74, 6) is -0.565. The van der Waals surface area contributed by atoms with Gasteiger partial charge in [0.15, 0.2) is 5.69 Å². The molecule has 1 N–H and O–H groups in total. The largest absolute Gasteiger partial charge is 0.476 e. The molecular formula is C18H24N4O4. The van der Waals surface area contributed by atoms with E-state index < -0.39 is 5.97 Å². The smallest absolute Gasteiger partial charge is 0.356 e. The number of piperidine rings is 2. The summed E-state index contributed by atoms with van der Waals surface area (Å²) < 4.78 is 0. The predicted molar refractivity (Wildman–Crippen MR) is 92.6 cm³/mol. The highest BCUT2D eigenvalue weighted by Gasteiger charge is 2.32. The first-order valence-corrected chi connectivity index (χ1v) is 9.09. The van der Waals surface area contributed by atoms with Crippen molar-refractivity contribution in [3.8, 4) is 0 Å². The Labute approximate surface area is 152 Å². The van der Waals surface area contributed by atoms with Crippen LogP contribution in [0.4, 0.5) is 0 Å². The van der Waals surface area contributed by atoms with Crippen molar-refractivity contribution >= 4 is 17.8 Å². The highest BCUT2D eigenvalue weighted by molar-refractivity contribution is 5.93. The number of amides is 2. The zero-order chi connectivity index (χ0) is 18.7. The SMILES string of the molecule is CC1CCN(C(=O)C2CCN(C(=O)c3cnc(C(=O)O)cn3)CC2)CC1. The highest BCUT2D eigenvalue weighted by Crippen LogP contribution is 2.24. The molecule has 0 radical (unpaired) electrons. The van der Waals surface area contributed by atoms with E-state index >= 15 is 0 Å². The molecule has 2 aliphatic rings. The molecular weight excluding hydrogens is 336 g/mol. The Kier molecular flexibility index (Phi) is 5.49. The van der Waals surface area contributed by atoms with Gasteiger partial charge in [0.1, 0.15) is 5.69 Å². The van der Waals surface area contributed by atoms with E-state index in [4.69, 9.17) is 5.11 Å². The summed E-state index contributed by atoms with van der Waals surface area (Å²) in [5.41, 5.74) is -0.0634. The summed E-state index contributed by atoms with van der Waals surface area (Å²) >= 11 is 0. The fourth-order valence-electron chi connectivity index (χ4n) is 3.53. The van der Waals surface area contributed by atoms with Crippen LogP contribution in [0, 0.1) is 11.8 Å². The number of rotatable bonds is 3. The third-order valence-corrected chi connectivity index (χ3v) is 5.32. The van der Waals surface area contributed by atoms with Crippen LogP contribution in [-0.4, -0.2) is 68.8 Å². The molecule has 3 rings (SSSR count). The van der Waals surface area contributed by atoms with Crippen LogP contribution in [0.5, 0.6) is 0 Å². The first-order chi connectivity index (χ1) is 12.5. The van der Waals surface area contributed by atoms with E-state index in [1.54, 1.807) is 4.90 Å². The number of carbonyl (C=O) groups excluding carboxylic acids is 2. The van der Waals surface area contributed by atoms with E-state index in [9.17, 15) is 14.4 Å². The number of nitrogens with zero attached hydrogens (tertiary/aromatic N) is 4. The molecule has 2 saturated heterocycles. The average molecular weight is 360 g/mol. The maximum Gasteiger partial charge on any atom is 0.356 e. The summed E-state index contributed by atoms with van der Waals surface area (Å²) in [5, 5.41) is 8.83. The highest BCUT2D eigenvalue weighted by atomic mass is 16.4. The Balaban J connectivity index is 1.53. The first-order valence-electron chi connectivity index (χ1n) is 9.09. The van der Waals surface area contributed by atoms with Crippen molar-refractivity contribution in [1.29, 1.82) is 0 Å². The predicted octanol–water partition coefficient (Wildman–Crippen LogP) is 1.29. The topological polar surface area (TPSA) is 104 Å². The maximum absolute atomic E-state index is 12.7. The normalized spacial score (nSPS) is 19.4. The lowest BCUT2D eigenvalue weighted by Crippen LogP contribution is -2.46. The molecule has 2 fully saturated rings. The van der Waals surface area contributed by atoms with E-state index in [1.165, 1.54) is 6.20 Å². The average Bonchev–Trinajstić information content (AvgIpc) is 2.67. The van der Waals surface area contributed by atoms with Crippen LogP contribution in [0.15, 0.2) is 12.4 Å². The van der Waals surface area contributed by atoms with Crippen molar-refractivity contribution in [3.63, 3.8) is 0 Å². The van der Waals surface area contributed by atoms with Crippen LogP contribution in [0.2, 0.25) is 0 Å². The van der Waals surface area contributed by atoms with Gasteiger partial charge in [-0.05, 0) is 31.6 Å². The van der Waals surface area contributed by atoms with E-state index in [0.29, 0.717) is 31.8 Å². The van der Waals surface area contributed by atoms with Gasteiger partial charge in [-0.2, -0.15) is 0 Å². The van der Waals surface area contributed by atoms with Crippen LogP contribution in [0.25, 0.3) is 0 Å². The number of hydrogen-bond acceptors (Lipinski definition) is 5. The summed E-state index contributed by atoms with van der Waals surface area (Å²) in [6.45, 7) is 4.90. The third kappa shape index (κ3) is 4.00. The second-order valence-electron chi connectivity index (χ2n) is 7.17. The van der Waals surface area contributed by atoms with Gasteiger partial charge in [-0.3, -0.25) is 9.59 Å². The van der Waals surface area contributed by atoms with E-state index in [1.807, 2.05) is 4.90 Å². The van der Waals surface area contributed by atoms with E-state index in [0.717, 1.165) is 32.1 Å². The Morgan fingerprint density at radius 2 is 1.46 bits per heavy atom. The van der Waals surface area contributed by atoms with Crippen molar-refractivity contribution < 1.29 is 19.5 Å². The van der Waals surface area contributed by atoms with Gasteiger partial charge >= 0.3 is 5.97 Å². The lowest BCUT2D eigenvalue weighted by atomic mass is 9.92. The monoisotopic (exact) mass is 360 g/mol. The zero-order valence-electron chi connectivity index (χ0n) is 14.9. The second-order valence-corrected chi connectivity index (χ2v) is 7.17. The molecule has 2 aliphatic heterocycles. The van der Waals surface area contributed by atoms with Gasteiger partial charge in [-0.25, -0.2) is 14.8 Å². The van der Waals surface area contributed by atoms with Crippen LogP contribution < -0.4 is 0 Å². The minimum atomic E-state index is -1.18. The van der Waals surface area contributed by atoms with Gasteiger partial charge in [0.05, 0.1) is 12.4 Å². The molecule has 0 spiro atoms. The number of likely N-dealkylation sites (tertiary alicyclic amines) is 2. The fourth-order valence-corrected chi connectivity index (χ4v) is 3.53. The molecule has 0 saturated carbocycles. The fraction of sp³-hybridized carbons (Fsp3) is 0.611. The van der Waals surface area contributed by atoms with E-state index in [-0.39, 0.29) is 29.1 Å². The molecule has 8 nitrogen and oxygen atoms in total. The van der Waals surface area contributed by atoms with Crippen LogP contribution >= 0.6 is 0 Å². The molecule has 0 aromatic carbocycles. The van der Waals surface area contributed by atoms with Gasteiger partial charge < -0.3 is 14.9 Å². The molecule has 0 bridgehead atoms. The van der Waals surface area contributed by atoms with Gasteiger partial charge in [-0.1, -0.05) is 6.92 Å². The van der Waals surface area contributed by atoms with Crippen molar-refractivity contribution in [2.45, 2.75) is 32.6 Å². The molecule has 0 aliphatic carbocycles. The standard InChI is InChI=1S/C18H24N4O4/c1-12-2-6-21(7-3-12)16(23)13-4-8-22(9-5-13)17(24)14-10-20-15(11-19-14)18(25)26/h10-13H,2-9H2,1H3,(H,25,26).